The molecule has 1 aliphatic heterocycles. The van der Waals surface area contributed by atoms with E-state index in [0.717, 1.165) is 5.56 Å². The summed E-state index contributed by atoms with van der Waals surface area (Å²) in [7, 11) is 0. The molecule has 4 rings (SSSR count). The van der Waals surface area contributed by atoms with Gasteiger partial charge in [-0.1, -0.05) is 35.9 Å². The van der Waals surface area contributed by atoms with E-state index >= 15 is 0 Å². The summed E-state index contributed by atoms with van der Waals surface area (Å²) in [4.78, 5) is 34.8. The van der Waals surface area contributed by atoms with Gasteiger partial charge in [-0.25, -0.2) is 5.01 Å². The largest absolute Gasteiger partial charge is 0.483 e. The highest BCUT2D eigenvalue weighted by Crippen LogP contribution is 2.34. The number of amides is 1. The molecule has 1 atom stereocenters. The van der Waals surface area contributed by atoms with Crippen molar-refractivity contribution in [2.45, 2.75) is 12.5 Å². The van der Waals surface area contributed by atoms with E-state index in [1.54, 1.807) is 48.5 Å². The summed E-state index contributed by atoms with van der Waals surface area (Å²) in [5, 5.41) is 17.4. The van der Waals surface area contributed by atoms with Crippen LogP contribution in [0.25, 0.3) is 0 Å². The van der Waals surface area contributed by atoms with Crippen LogP contribution in [0.2, 0.25) is 5.02 Å². The van der Waals surface area contributed by atoms with Crippen molar-refractivity contribution in [2.75, 3.05) is 6.61 Å². The van der Waals surface area contributed by atoms with E-state index in [1.807, 2.05) is 12.1 Å². The van der Waals surface area contributed by atoms with Crippen LogP contribution in [0.3, 0.4) is 0 Å². The van der Waals surface area contributed by atoms with E-state index in [1.165, 1.54) is 17.1 Å². The number of non-ortho nitro benzene ring substituents is 1. The molecule has 1 heterocycles. The third kappa shape index (κ3) is 4.91. The average molecular weight is 464 g/mol. The molecular weight excluding hydrogens is 446 g/mol. The maximum atomic E-state index is 13.1. The standard InChI is InChI=1S/C24H18ClN3O5/c25-19-9-5-17(6-10-19)22-13-21(16-7-11-20(12-8-16)28(31)32)26-27(22)24(30)15-33-23-4-2-1-3-18(23)14-29/h1-12,14,22H,13,15H2. The summed E-state index contributed by atoms with van der Waals surface area (Å²) in [6.45, 7) is -0.314. The second kappa shape index (κ2) is 9.62. The number of carbonyl (C=O) groups excluding carboxylic acids is 2. The number of nitro benzene ring substituents is 1. The van der Waals surface area contributed by atoms with Crippen molar-refractivity contribution in [3.63, 3.8) is 0 Å². The SMILES string of the molecule is O=Cc1ccccc1OCC(=O)N1N=C(c2ccc([N+](=O)[O-])cc2)CC1c1ccc(Cl)cc1. The summed E-state index contributed by atoms with van der Waals surface area (Å²) >= 11 is 6.02. The van der Waals surface area contributed by atoms with Crippen LogP contribution in [0.15, 0.2) is 77.9 Å². The monoisotopic (exact) mass is 463 g/mol. The molecule has 0 saturated heterocycles. The normalized spacial score (nSPS) is 15.1. The van der Waals surface area contributed by atoms with E-state index in [-0.39, 0.29) is 12.3 Å². The second-order valence-corrected chi connectivity index (χ2v) is 7.74. The number of rotatable bonds is 7. The van der Waals surface area contributed by atoms with Crippen LogP contribution < -0.4 is 4.74 Å². The fourth-order valence-corrected chi connectivity index (χ4v) is 3.68. The number of benzene rings is 3. The predicted molar refractivity (Wildman–Crippen MR) is 123 cm³/mol. The van der Waals surface area contributed by atoms with E-state index in [2.05, 4.69) is 5.10 Å². The molecule has 0 aromatic heterocycles. The number of hydrogen-bond donors (Lipinski definition) is 0. The topological polar surface area (TPSA) is 102 Å². The van der Waals surface area contributed by atoms with E-state index in [0.29, 0.717) is 40.3 Å². The Morgan fingerprint density at radius 2 is 1.82 bits per heavy atom. The van der Waals surface area contributed by atoms with Crippen LogP contribution in [0.4, 0.5) is 5.69 Å². The van der Waals surface area contributed by atoms with Crippen LogP contribution >= 0.6 is 11.6 Å². The summed E-state index contributed by atoms with van der Waals surface area (Å²) < 4.78 is 5.60. The first-order valence-corrected chi connectivity index (χ1v) is 10.4. The minimum Gasteiger partial charge on any atom is -0.483 e. The zero-order valence-corrected chi connectivity index (χ0v) is 18.0. The lowest BCUT2D eigenvalue weighted by Gasteiger charge is -2.22. The minimum absolute atomic E-state index is 0.0261. The van der Waals surface area contributed by atoms with Crippen LogP contribution in [0.5, 0.6) is 5.75 Å². The maximum Gasteiger partial charge on any atom is 0.281 e. The van der Waals surface area contributed by atoms with Crippen LogP contribution in [0.1, 0.15) is 33.9 Å². The Bertz CT molecular complexity index is 1230. The van der Waals surface area contributed by atoms with Gasteiger partial charge in [-0.2, -0.15) is 5.10 Å². The van der Waals surface area contributed by atoms with Gasteiger partial charge < -0.3 is 4.74 Å². The highest BCUT2D eigenvalue weighted by atomic mass is 35.5. The van der Waals surface area contributed by atoms with Crippen molar-refractivity contribution in [1.82, 2.24) is 5.01 Å². The number of carbonyl (C=O) groups is 2. The van der Waals surface area contributed by atoms with Crippen molar-refractivity contribution in [3.8, 4) is 5.75 Å². The fourth-order valence-electron chi connectivity index (χ4n) is 3.55. The zero-order valence-electron chi connectivity index (χ0n) is 17.3. The van der Waals surface area contributed by atoms with Gasteiger partial charge in [0.05, 0.1) is 22.2 Å². The summed E-state index contributed by atoms with van der Waals surface area (Å²) in [5.74, 6) is -0.0878. The summed E-state index contributed by atoms with van der Waals surface area (Å²) in [6.07, 6.45) is 1.08. The quantitative estimate of drug-likeness (QED) is 0.284. The van der Waals surface area contributed by atoms with Crippen molar-refractivity contribution in [3.05, 3.63) is 105 Å². The molecule has 0 N–H and O–H groups in total. The Labute approximate surface area is 194 Å². The third-order valence-corrected chi connectivity index (χ3v) is 5.48. The minimum atomic E-state index is -0.471. The van der Waals surface area contributed by atoms with Gasteiger partial charge in [0.2, 0.25) is 0 Å². The molecule has 3 aromatic rings. The Morgan fingerprint density at radius 1 is 1.12 bits per heavy atom. The Hall–Kier alpha value is -4.04. The van der Waals surface area contributed by atoms with Crippen molar-refractivity contribution < 1.29 is 19.2 Å². The first-order chi connectivity index (χ1) is 16.0. The molecule has 1 unspecified atom stereocenters. The van der Waals surface area contributed by atoms with Crippen molar-refractivity contribution >= 4 is 35.2 Å². The van der Waals surface area contributed by atoms with Crippen LogP contribution in [-0.4, -0.2) is 34.4 Å². The van der Waals surface area contributed by atoms with Gasteiger partial charge >= 0.3 is 0 Å². The number of hydrazone groups is 1. The zero-order chi connectivity index (χ0) is 23.4. The molecule has 8 nitrogen and oxygen atoms in total. The van der Waals surface area contributed by atoms with Gasteiger partial charge in [-0.15, -0.1) is 0 Å². The maximum absolute atomic E-state index is 13.1. The lowest BCUT2D eigenvalue weighted by molar-refractivity contribution is -0.384. The Kier molecular flexibility index (Phi) is 6.46. The van der Waals surface area contributed by atoms with Crippen molar-refractivity contribution in [1.29, 1.82) is 0 Å². The molecule has 9 heteroatoms. The highest BCUT2D eigenvalue weighted by Gasteiger charge is 2.33. The van der Waals surface area contributed by atoms with E-state index < -0.39 is 16.9 Å². The Morgan fingerprint density at radius 3 is 2.48 bits per heavy atom. The molecule has 0 aliphatic carbocycles. The number of hydrogen-bond acceptors (Lipinski definition) is 6. The molecule has 3 aromatic carbocycles. The number of nitrogens with zero attached hydrogens (tertiary/aromatic N) is 3. The van der Waals surface area contributed by atoms with Gasteiger partial charge in [0.25, 0.3) is 11.6 Å². The number of para-hydroxylation sites is 1. The van der Waals surface area contributed by atoms with Crippen LogP contribution in [-0.2, 0) is 4.79 Å². The summed E-state index contributed by atoms with van der Waals surface area (Å²) in [5.41, 5.74) is 2.45. The molecule has 1 aliphatic rings. The Balaban J connectivity index is 1.60. The van der Waals surface area contributed by atoms with Crippen LogP contribution in [0, 0.1) is 10.1 Å². The molecule has 0 bridgehead atoms. The summed E-state index contributed by atoms with van der Waals surface area (Å²) in [6, 6.07) is 19.4. The number of ether oxygens (including phenoxy) is 1. The van der Waals surface area contributed by atoms with Gasteiger partial charge in [-0.3, -0.25) is 19.7 Å². The molecule has 0 saturated carbocycles. The molecule has 0 fully saturated rings. The number of nitro groups is 1. The van der Waals surface area contributed by atoms with Gasteiger partial charge in [0.15, 0.2) is 12.9 Å². The lowest BCUT2D eigenvalue weighted by atomic mass is 9.98. The fraction of sp³-hybridized carbons (Fsp3) is 0.125. The molecule has 0 radical (unpaired) electrons. The smallest absolute Gasteiger partial charge is 0.281 e. The van der Waals surface area contributed by atoms with E-state index in [4.69, 9.17) is 16.3 Å². The van der Waals surface area contributed by atoms with Crippen molar-refractivity contribution in [2.24, 2.45) is 5.10 Å². The molecular formula is C24H18ClN3O5. The van der Waals surface area contributed by atoms with Gasteiger partial charge in [-0.05, 0) is 47.5 Å². The van der Waals surface area contributed by atoms with Gasteiger partial charge in [0, 0.05) is 23.6 Å². The highest BCUT2D eigenvalue weighted by molar-refractivity contribution is 6.30. The molecule has 1 amide bonds. The number of halogens is 1. The second-order valence-electron chi connectivity index (χ2n) is 7.30. The first kappa shape index (κ1) is 22.2. The number of aldehydes is 1. The first-order valence-electron chi connectivity index (χ1n) is 10.0. The lowest BCUT2D eigenvalue weighted by Crippen LogP contribution is -2.31. The van der Waals surface area contributed by atoms with Gasteiger partial charge in [0.1, 0.15) is 5.75 Å². The predicted octanol–water partition coefficient (Wildman–Crippen LogP) is 4.82. The van der Waals surface area contributed by atoms with E-state index in [9.17, 15) is 19.7 Å². The molecule has 0 spiro atoms. The molecule has 166 valence electrons. The average Bonchev–Trinajstić information content (AvgIpc) is 3.29. The molecule has 33 heavy (non-hydrogen) atoms. The third-order valence-electron chi connectivity index (χ3n) is 5.23.